The van der Waals surface area contributed by atoms with E-state index in [4.69, 9.17) is 0 Å². The van der Waals surface area contributed by atoms with E-state index in [0.717, 1.165) is 18.9 Å². The summed E-state index contributed by atoms with van der Waals surface area (Å²) >= 11 is 1.20. The number of hydrogen-bond acceptors (Lipinski definition) is 5. The first kappa shape index (κ1) is 18.9. The van der Waals surface area contributed by atoms with Gasteiger partial charge in [0.1, 0.15) is 16.6 Å². The summed E-state index contributed by atoms with van der Waals surface area (Å²) in [4.78, 5) is 32.2. The normalized spacial score (nSPS) is 17.9. The van der Waals surface area contributed by atoms with E-state index in [9.17, 15) is 23.5 Å². The highest BCUT2D eigenvalue weighted by atomic mass is 32.1. The van der Waals surface area contributed by atoms with Crippen LogP contribution in [0.1, 0.15) is 33.8 Å². The van der Waals surface area contributed by atoms with Crippen LogP contribution in [0.15, 0.2) is 35.4 Å². The lowest BCUT2D eigenvalue weighted by Crippen LogP contribution is -2.45. The lowest BCUT2D eigenvalue weighted by atomic mass is 10.1. The molecule has 1 amide bonds. The maximum atomic E-state index is 13.9. The molecule has 2 aliphatic heterocycles. The van der Waals surface area contributed by atoms with Crippen LogP contribution in [0.5, 0.6) is 5.75 Å². The number of amides is 1. The summed E-state index contributed by atoms with van der Waals surface area (Å²) in [7, 11) is 0. The molecule has 0 bridgehead atoms. The van der Waals surface area contributed by atoms with E-state index in [2.05, 4.69) is 4.98 Å². The fourth-order valence-electron chi connectivity index (χ4n) is 4.19. The number of pyridine rings is 1. The Hall–Kier alpha value is -3.07. The Morgan fingerprint density at radius 1 is 1.27 bits per heavy atom. The van der Waals surface area contributed by atoms with Crippen LogP contribution < -0.4 is 5.43 Å². The molecule has 1 saturated heterocycles. The molecule has 1 N–H and O–H groups in total. The third-order valence-corrected chi connectivity index (χ3v) is 6.70. The van der Waals surface area contributed by atoms with Crippen molar-refractivity contribution >= 4 is 17.2 Å². The first-order valence-corrected chi connectivity index (χ1v) is 10.4. The van der Waals surface area contributed by atoms with Crippen molar-refractivity contribution in [2.75, 3.05) is 6.54 Å². The van der Waals surface area contributed by atoms with Crippen LogP contribution in [0.3, 0.4) is 0 Å². The van der Waals surface area contributed by atoms with Gasteiger partial charge in [-0.1, -0.05) is 6.07 Å². The van der Waals surface area contributed by atoms with Gasteiger partial charge in [0, 0.05) is 42.8 Å². The zero-order valence-corrected chi connectivity index (χ0v) is 16.6. The molecule has 0 aliphatic carbocycles. The highest BCUT2D eigenvalue weighted by Gasteiger charge is 2.38. The van der Waals surface area contributed by atoms with E-state index in [1.54, 1.807) is 15.7 Å². The van der Waals surface area contributed by atoms with Crippen molar-refractivity contribution in [1.29, 1.82) is 0 Å². The fraction of sp³-hybridized carbons (Fsp3) is 0.286. The third-order valence-electron chi connectivity index (χ3n) is 5.67. The molecule has 1 fully saturated rings. The van der Waals surface area contributed by atoms with Crippen LogP contribution >= 0.6 is 11.3 Å². The first-order valence-electron chi connectivity index (χ1n) is 9.58. The lowest BCUT2D eigenvalue weighted by molar-refractivity contribution is 0.0661. The van der Waals surface area contributed by atoms with Crippen LogP contribution in [0.25, 0.3) is 10.6 Å². The average molecular weight is 429 g/mol. The van der Waals surface area contributed by atoms with Gasteiger partial charge >= 0.3 is 0 Å². The van der Waals surface area contributed by atoms with Crippen LogP contribution in [-0.4, -0.2) is 38.1 Å². The Kier molecular flexibility index (Phi) is 4.43. The zero-order chi connectivity index (χ0) is 21.0. The van der Waals surface area contributed by atoms with Gasteiger partial charge in [-0.15, -0.1) is 11.3 Å². The summed E-state index contributed by atoms with van der Waals surface area (Å²) in [5, 5.41) is 10.9. The minimum absolute atomic E-state index is 0.0204. The summed E-state index contributed by atoms with van der Waals surface area (Å²) < 4.78 is 28.7. The molecule has 0 radical (unpaired) electrons. The Bertz CT molecular complexity index is 1240. The van der Waals surface area contributed by atoms with Gasteiger partial charge in [-0.2, -0.15) is 0 Å². The second-order valence-corrected chi connectivity index (χ2v) is 8.68. The van der Waals surface area contributed by atoms with Gasteiger partial charge in [0.2, 0.25) is 5.43 Å². The standard InChI is InChI=1S/C21H17F2N3O3S/c22-12-4-3-11(16(23)7-12)6-14-8-24-20(30-14)15-10-25-9-13-2-1-5-26(13)21(29)17(25)19(28)18(15)27/h3-4,7-8,10,13,28H,1-2,5-6,9H2/t13-/m0/s1. The predicted molar refractivity (Wildman–Crippen MR) is 107 cm³/mol. The van der Waals surface area contributed by atoms with Gasteiger partial charge in [0.15, 0.2) is 11.4 Å². The van der Waals surface area contributed by atoms with Gasteiger partial charge in [-0.25, -0.2) is 13.8 Å². The number of carbonyl (C=O) groups excluding carboxylic acids is 1. The molecule has 2 aliphatic rings. The van der Waals surface area contributed by atoms with E-state index in [1.807, 2.05) is 0 Å². The first-order chi connectivity index (χ1) is 14.4. The van der Waals surface area contributed by atoms with E-state index in [1.165, 1.54) is 29.7 Å². The minimum Gasteiger partial charge on any atom is -0.503 e. The van der Waals surface area contributed by atoms with Crippen molar-refractivity contribution in [1.82, 2.24) is 14.5 Å². The molecule has 30 heavy (non-hydrogen) atoms. The number of rotatable bonds is 3. The molecular formula is C21H17F2N3O3S. The molecular weight excluding hydrogens is 412 g/mol. The minimum atomic E-state index is -0.652. The summed E-state index contributed by atoms with van der Waals surface area (Å²) in [6, 6.07) is 3.46. The maximum absolute atomic E-state index is 13.9. The van der Waals surface area contributed by atoms with Crippen molar-refractivity contribution in [2.45, 2.75) is 31.8 Å². The van der Waals surface area contributed by atoms with Crippen LogP contribution in [-0.2, 0) is 13.0 Å². The van der Waals surface area contributed by atoms with Gasteiger partial charge in [0.25, 0.3) is 5.91 Å². The van der Waals surface area contributed by atoms with Gasteiger partial charge in [0.05, 0.1) is 11.6 Å². The monoisotopic (exact) mass is 429 g/mol. The third kappa shape index (κ3) is 3.00. The molecule has 1 atom stereocenters. The average Bonchev–Trinajstić information content (AvgIpc) is 3.36. The molecule has 6 nitrogen and oxygen atoms in total. The highest BCUT2D eigenvalue weighted by Crippen LogP contribution is 2.32. The number of fused-ring (bicyclic) bond motifs is 2. The van der Waals surface area contributed by atoms with Gasteiger partial charge < -0.3 is 14.6 Å². The van der Waals surface area contributed by atoms with Crippen LogP contribution in [0.2, 0.25) is 0 Å². The molecule has 0 spiro atoms. The fourth-order valence-corrected chi connectivity index (χ4v) is 5.14. The highest BCUT2D eigenvalue weighted by molar-refractivity contribution is 7.15. The quantitative estimate of drug-likeness (QED) is 0.694. The van der Waals surface area contributed by atoms with E-state index in [-0.39, 0.29) is 29.6 Å². The molecule has 154 valence electrons. The number of thiazole rings is 1. The molecule has 5 rings (SSSR count). The molecule has 0 unspecified atom stereocenters. The Balaban J connectivity index is 1.51. The van der Waals surface area contributed by atoms with Crippen molar-refractivity contribution in [3.05, 3.63) is 68.6 Å². The largest absolute Gasteiger partial charge is 0.503 e. The smallest absolute Gasteiger partial charge is 0.274 e. The summed E-state index contributed by atoms with van der Waals surface area (Å²) in [5.74, 6) is -2.18. The van der Waals surface area contributed by atoms with Crippen LogP contribution in [0.4, 0.5) is 8.78 Å². The molecule has 4 heterocycles. The SMILES string of the molecule is O=C1c2c(O)c(=O)c(-c3ncc(Cc4ccc(F)cc4F)s3)cn2C[C@@H]2CCCN12. The Labute approximate surface area is 174 Å². The Morgan fingerprint density at radius 2 is 2.10 bits per heavy atom. The molecule has 1 aromatic carbocycles. The zero-order valence-electron chi connectivity index (χ0n) is 15.8. The van der Waals surface area contributed by atoms with Gasteiger partial charge in [-0.3, -0.25) is 9.59 Å². The topological polar surface area (TPSA) is 75.4 Å². The number of aromatic nitrogens is 2. The second-order valence-electron chi connectivity index (χ2n) is 7.56. The number of aromatic hydroxyl groups is 1. The number of benzene rings is 1. The molecule has 2 aromatic heterocycles. The molecule has 9 heteroatoms. The van der Waals surface area contributed by atoms with Crippen LogP contribution in [0, 0.1) is 11.6 Å². The van der Waals surface area contributed by atoms with Crippen molar-refractivity contribution in [2.24, 2.45) is 0 Å². The predicted octanol–water partition coefficient (Wildman–Crippen LogP) is 3.16. The summed E-state index contributed by atoms with van der Waals surface area (Å²) in [6.45, 7) is 1.15. The molecule has 0 saturated carbocycles. The lowest BCUT2D eigenvalue weighted by Gasteiger charge is -2.32. The van der Waals surface area contributed by atoms with E-state index >= 15 is 0 Å². The summed E-state index contributed by atoms with van der Waals surface area (Å²) in [6.07, 6.45) is 5.10. The Morgan fingerprint density at radius 3 is 2.90 bits per heavy atom. The summed E-state index contributed by atoms with van der Waals surface area (Å²) in [5.41, 5.74) is -0.108. The van der Waals surface area contributed by atoms with E-state index in [0.29, 0.717) is 28.5 Å². The maximum Gasteiger partial charge on any atom is 0.274 e. The van der Waals surface area contributed by atoms with E-state index < -0.39 is 22.8 Å². The van der Waals surface area contributed by atoms with Crippen molar-refractivity contribution < 1.29 is 18.7 Å². The second kappa shape index (κ2) is 7.02. The van der Waals surface area contributed by atoms with Crippen molar-refractivity contribution in [3.63, 3.8) is 0 Å². The molecule has 3 aromatic rings. The van der Waals surface area contributed by atoms with Gasteiger partial charge in [-0.05, 0) is 24.5 Å². The number of hydrogen-bond donors (Lipinski definition) is 1. The number of nitrogens with zero attached hydrogens (tertiary/aromatic N) is 3. The number of carbonyl (C=O) groups is 1. The van der Waals surface area contributed by atoms with Crippen molar-refractivity contribution in [3.8, 4) is 16.3 Å². The number of halogens is 2.